The molecule has 0 amide bonds. The minimum absolute atomic E-state index is 0.443. The van der Waals surface area contributed by atoms with Gasteiger partial charge in [0.1, 0.15) is 6.07 Å². The van der Waals surface area contributed by atoms with Crippen LogP contribution in [0.15, 0.2) is 30.5 Å². The number of nitrogens with zero attached hydrogens (tertiary/aromatic N) is 4. The zero-order valence-corrected chi connectivity index (χ0v) is 11.0. The van der Waals surface area contributed by atoms with E-state index in [9.17, 15) is 5.11 Å². The van der Waals surface area contributed by atoms with Crippen molar-refractivity contribution in [3.63, 3.8) is 0 Å². The quantitative estimate of drug-likeness (QED) is 0.905. The van der Waals surface area contributed by atoms with Gasteiger partial charge in [0.15, 0.2) is 0 Å². The molecule has 0 aliphatic rings. The molecule has 1 aromatic heterocycles. The molecule has 0 unspecified atom stereocenters. The van der Waals surface area contributed by atoms with Crippen molar-refractivity contribution in [3.05, 3.63) is 41.7 Å². The lowest BCUT2D eigenvalue weighted by molar-refractivity contribution is 0.0554. The minimum atomic E-state index is -0.782. The van der Waals surface area contributed by atoms with Crippen LogP contribution < -0.4 is 0 Å². The fourth-order valence-corrected chi connectivity index (χ4v) is 1.78. The van der Waals surface area contributed by atoms with E-state index in [1.807, 2.05) is 25.1 Å². The van der Waals surface area contributed by atoms with Crippen molar-refractivity contribution in [1.29, 1.82) is 5.26 Å². The topological polar surface area (TPSA) is 74.7 Å². The zero-order valence-electron chi connectivity index (χ0n) is 11.0. The standard InChI is InChI=1S/C14H16N4O/c1-3-14(2,19)8-12-10-18(17-16-12)13-7-5-4-6-11(13)9-15/h4-7,10,19H,3,8H2,1-2H3/t14-/m0/s1. The Labute approximate surface area is 112 Å². The smallest absolute Gasteiger partial charge is 0.101 e. The van der Waals surface area contributed by atoms with E-state index in [2.05, 4.69) is 16.4 Å². The predicted molar refractivity (Wildman–Crippen MR) is 70.7 cm³/mol. The van der Waals surface area contributed by atoms with Crippen LogP contribution in [0.1, 0.15) is 31.5 Å². The van der Waals surface area contributed by atoms with Gasteiger partial charge in [-0.2, -0.15) is 5.26 Å². The molecule has 0 aliphatic heterocycles. The van der Waals surface area contributed by atoms with Gasteiger partial charge < -0.3 is 5.11 Å². The van der Waals surface area contributed by atoms with Gasteiger partial charge >= 0.3 is 0 Å². The van der Waals surface area contributed by atoms with Gasteiger partial charge in [-0.1, -0.05) is 24.3 Å². The van der Waals surface area contributed by atoms with E-state index in [0.717, 1.165) is 0 Å². The molecule has 0 radical (unpaired) electrons. The normalized spacial score (nSPS) is 13.8. The summed E-state index contributed by atoms with van der Waals surface area (Å²) in [6, 6.07) is 9.33. The Kier molecular flexibility index (Phi) is 3.63. The van der Waals surface area contributed by atoms with Gasteiger partial charge in [0.05, 0.1) is 28.7 Å². The van der Waals surface area contributed by atoms with Gasteiger partial charge in [-0.15, -0.1) is 5.10 Å². The maximum Gasteiger partial charge on any atom is 0.101 e. The summed E-state index contributed by atoms with van der Waals surface area (Å²) >= 11 is 0. The number of para-hydroxylation sites is 1. The first-order chi connectivity index (χ1) is 9.05. The van der Waals surface area contributed by atoms with E-state index in [1.165, 1.54) is 0 Å². The van der Waals surface area contributed by atoms with Crippen molar-refractivity contribution in [1.82, 2.24) is 15.0 Å². The Hall–Kier alpha value is -2.19. The van der Waals surface area contributed by atoms with E-state index in [-0.39, 0.29) is 0 Å². The van der Waals surface area contributed by atoms with Crippen molar-refractivity contribution in [2.24, 2.45) is 0 Å². The van der Waals surface area contributed by atoms with E-state index in [0.29, 0.717) is 29.8 Å². The first-order valence-electron chi connectivity index (χ1n) is 6.19. The van der Waals surface area contributed by atoms with Gasteiger partial charge in [-0.3, -0.25) is 0 Å². The molecule has 98 valence electrons. The van der Waals surface area contributed by atoms with Crippen molar-refractivity contribution >= 4 is 0 Å². The molecule has 19 heavy (non-hydrogen) atoms. The maximum absolute atomic E-state index is 10.0. The molecule has 2 aromatic rings. The average Bonchev–Trinajstić information content (AvgIpc) is 2.86. The molecule has 1 atom stereocenters. The Morgan fingerprint density at radius 1 is 1.42 bits per heavy atom. The molecule has 1 aromatic carbocycles. The predicted octanol–water partition coefficient (Wildman–Crippen LogP) is 1.84. The number of rotatable bonds is 4. The summed E-state index contributed by atoms with van der Waals surface area (Å²) in [7, 11) is 0. The second-order valence-corrected chi connectivity index (χ2v) is 4.81. The summed E-state index contributed by atoms with van der Waals surface area (Å²) in [6.45, 7) is 3.70. The number of hydrogen-bond acceptors (Lipinski definition) is 4. The molecule has 2 rings (SSSR count). The van der Waals surface area contributed by atoms with Gasteiger partial charge in [0, 0.05) is 6.42 Å². The third-order valence-corrected chi connectivity index (χ3v) is 3.14. The maximum atomic E-state index is 10.0. The second-order valence-electron chi connectivity index (χ2n) is 4.81. The molecule has 5 nitrogen and oxygen atoms in total. The number of benzene rings is 1. The summed E-state index contributed by atoms with van der Waals surface area (Å²) in [5, 5.41) is 27.2. The number of aromatic nitrogens is 3. The minimum Gasteiger partial charge on any atom is -0.390 e. The lowest BCUT2D eigenvalue weighted by Crippen LogP contribution is -2.25. The van der Waals surface area contributed by atoms with Crippen molar-refractivity contribution in [2.75, 3.05) is 0 Å². The number of aliphatic hydroxyl groups is 1. The highest BCUT2D eigenvalue weighted by Gasteiger charge is 2.20. The first-order valence-corrected chi connectivity index (χ1v) is 6.19. The zero-order chi connectivity index (χ0) is 13.9. The highest BCUT2D eigenvalue weighted by Crippen LogP contribution is 2.17. The summed E-state index contributed by atoms with van der Waals surface area (Å²) in [5.41, 5.74) is 1.16. The SMILES string of the molecule is CC[C@](C)(O)Cc1cn(-c2ccccc2C#N)nn1. The molecule has 0 saturated heterocycles. The molecule has 0 bridgehead atoms. The highest BCUT2D eigenvalue weighted by atomic mass is 16.3. The third-order valence-electron chi connectivity index (χ3n) is 3.14. The second kappa shape index (κ2) is 5.21. The Morgan fingerprint density at radius 2 is 2.16 bits per heavy atom. The lowest BCUT2D eigenvalue weighted by Gasteiger charge is -2.18. The largest absolute Gasteiger partial charge is 0.390 e. The Bertz CT molecular complexity index is 610. The Morgan fingerprint density at radius 3 is 2.84 bits per heavy atom. The van der Waals surface area contributed by atoms with Gasteiger partial charge in [0.25, 0.3) is 0 Å². The van der Waals surface area contributed by atoms with Gasteiger partial charge in [0.2, 0.25) is 0 Å². The van der Waals surface area contributed by atoms with Gasteiger partial charge in [-0.25, -0.2) is 4.68 Å². The summed E-state index contributed by atoms with van der Waals surface area (Å²) in [6.07, 6.45) is 2.84. The van der Waals surface area contributed by atoms with Crippen LogP contribution >= 0.6 is 0 Å². The molecule has 0 aliphatic carbocycles. The van der Waals surface area contributed by atoms with Crippen LogP contribution in [0.5, 0.6) is 0 Å². The molecule has 0 spiro atoms. The fourth-order valence-electron chi connectivity index (χ4n) is 1.78. The monoisotopic (exact) mass is 256 g/mol. The average molecular weight is 256 g/mol. The fraction of sp³-hybridized carbons (Fsp3) is 0.357. The summed E-state index contributed by atoms with van der Waals surface area (Å²) in [5.74, 6) is 0. The molecule has 0 saturated carbocycles. The first kappa shape index (κ1) is 13.2. The van der Waals surface area contributed by atoms with Crippen LogP contribution in [0.25, 0.3) is 5.69 Å². The molecular weight excluding hydrogens is 240 g/mol. The van der Waals surface area contributed by atoms with E-state index < -0.39 is 5.60 Å². The van der Waals surface area contributed by atoms with Crippen LogP contribution in [0.4, 0.5) is 0 Å². The van der Waals surface area contributed by atoms with E-state index in [4.69, 9.17) is 5.26 Å². The van der Waals surface area contributed by atoms with Crippen LogP contribution in [-0.2, 0) is 6.42 Å². The van der Waals surface area contributed by atoms with Crippen LogP contribution in [-0.4, -0.2) is 25.7 Å². The van der Waals surface area contributed by atoms with Crippen LogP contribution in [0, 0.1) is 11.3 Å². The van der Waals surface area contributed by atoms with Crippen molar-refractivity contribution < 1.29 is 5.11 Å². The number of nitriles is 1. The van der Waals surface area contributed by atoms with Crippen LogP contribution in [0.3, 0.4) is 0 Å². The van der Waals surface area contributed by atoms with Crippen molar-refractivity contribution in [3.8, 4) is 11.8 Å². The molecule has 5 heteroatoms. The van der Waals surface area contributed by atoms with Crippen LogP contribution in [0.2, 0.25) is 0 Å². The number of hydrogen-bond donors (Lipinski definition) is 1. The molecule has 1 heterocycles. The highest BCUT2D eigenvalue weighted by molar-refractivity contribution is 5.47. The summed E-state index contributed by atoms with van der Waals surface area (Å²) < 4.78 is 1.57. The van der Waals surface area contributed by atoms with E-state index >= 15 is 0 Å². The lowest BCUT2D eigenvalue weighted by atomic mass is 9.98. The van der Waals surface area contributed by atoms with E-state index in [1.54, 1.807) is 23.9 Å². The molecular formula is C14H16N4O. The van der Waals surface area contributed by atoms with Gasteiger partial charge in [-0.05, 0) is 25.5 Å². The third kappa shape index (κ3) is 2.98. The summed E-state index contributed by atoms with van der Waals surface area (Å²) in [4.78, 5) is 0. The Balaban J connectivity index is 2.29. The van der Waals surface area contributed by atoms with Crippen molar-refractivity contribution in [2.45, 2.75) is 32.3 Å². The molecule has 1 N–H and O–H groups in total. The molecule has 0 fully saturated rings.